The van der Waals surface area contributed by atoms with Gasteiger partial charge in [0, 0.05) is 33.1 Å². The summed E-state index contributed by atoms with van der Waals surface area (Å²) in [6, 6.07) is 1.95. The van der Waals surface area contributed by atoms with Crippen molar-refractivity contribution in [3.63, 3.8) is 0 Å². The lowest BCUT2D eigenvalue weighted by Gasteiger charge is -2.15. The highest BCUT2D eigenvalue weighted by atomic mass is 16.4. The maximum absolute atomic E-state index is 10.5. The summed E-state index contributed by atoms with van der Waals surface area (Å²) in [5.74, 6) is 0.486. The molecule has 1 atom stereocenters. The van der Waals surface area contributed by atoms with Crippen molar-refractivity contribution in [2.75, 3.05) is 19.0 Å². The van der Waals surface area contributed by atoms with Gasteiger partial charge in [-0.3, -0.25) is 4.79 Å². The second-order valence-electron chi connectivity index (χ2n) is 4.30. The fraction of sp³-hybridized carbons (Fsp3) is 0.636. The second kappa shape index (κ2) is 5.53. The summed E-state index contributed by atoms with van der Waals surface area (Å²) in [5.41, 5.74) is 0. The van der Waals surface area contributed by atoms with Gasteiger partial charge >= 0.3 is 5.97 Å². The highest BCUT2D eigenvalue weighted by Crippen LogP contribution is 2.14. The lowest BCUT2D eigenvalue weighted by Crippen LogP contribution is -2.16. The lowest BCUT2D eigenvalue weighted by molar-refractivity contribution is -0.138. The van der Waals surface area contributed by atoms with E-state index < -0.39 is 5.97 Å². The minimum absolute atomic E-state index is 0.178. The molecule has 16 heavy (non-hydrogen) atoms. The summed E-state index contributed by atoms with van der Waals surface area (Å²) in [5, 5.41) is 12.9. The van der Waals surface area contributed by atoms with Gasteiger partial charge in [0.05, 0.1) is 6.20 Å². The summed E-state index contributed by atoms with van der Waals surface area (Å²) >= 11 is 0. The molecule has 1 rings (SSSR count). The van der Waals surface area contributed by atoms with Crippen LogP contribution in [0.25, 0.3) is 0 Å². The molecule has 0 fully saturated rings. The lowest BCUT2D eigenvalue weighted by atomic mass is 10.0. The predicted molar refractivity (Wildman–Crippen MR) is 62.6 cm³/mol. The molecule has 0 aliphatic carbocycles. The third kappa shape index (κ3) is 3.56. The van der Waals surface area contributed by atoms with Crippen molar-refractivity contribution in [2.24, 2.45) is 5.92 Å². The maximum Gasteiger partial charge on any atom is 0.303 e. The number of carboxylic acids is 1. The minimum atomic E-state index is -0.735. The Hall–Kier alpha value is -1.52. The number of carbonyl (C=O) groups is 1. The molecule has 1 aromatic heterocycles. The molecule has 0 aliphatic heterocycles. The Bertz CT molecular complexity index is 347. The number of nitrogens with zero attached hydrogens (tertiary/aromatic N) is 3. The number of aliphatic carboxylic acids is 1. The molecule has 0 bridgehead atoms. The van der Waals surface area contributed by atoms with Gasteiger partial charge in [-0.15, -0.1) is 0 Å². The summed E-state index contributed by atoms with van der Waals surface area (Å²) in [6.45, 7) is 2.71. The van der Waals surface area contributed by atoms with Crippen LogP contribution in [-0.4, -0.2) is 35.0 Å². The van der Waals surface area contributed by atoms with Gasteiger partial charge in [0.1, 0.15) is 5.82 Å². The zero-order valence-electron chi connectivity index (χ0n) is 10.1. The van der Waals surface area contributed by atoms with Gasteiger partial charge in [-0.25, -0.2) is 4.68 Å². The van der Waals surface area contributed by atoms with E-state index in [4.69, 9.17) is 5.11 Å². The van der Waals surface area contributed by atoms with Crippen LogP contribution >= 0.6 is 0 Å². The van der Waals surface area contributed by atoms with Crippen LogP contribution < -0.4 is 4.90 Å². The Morgan fingerprint density at radius 1 is 1.62 bits per heavy atom. The zero-order valence-corrected chi connectivity index (χ0v) is 10.1. The molecule has 1 aromatic rings. The number of rotatable bonds is 6. The summed E-state index contributed by atoms with van der Waals surface area (Å²) < 4.78 is 1.90. The topological polar surface area (TPSA) is 58.4 Å². The van der Waals surface area contributed by atoms with Crippen LogP contribution in [0.15, 0.2) is 12.3 Å². The number of carboxylic acid groups (broad SMARTS) is 1. The normalized spacial score (nSPS) is 12.4. The van der Waals surface area contributed by atoms with Crippen molar-refractivity contribution in [3.05, 3.63) is 12.3 Å². The van der Waals surface area contributed by atoms with Crippen molar-refractivity contribution in [1.82, 2.24) is 9.78 Å². The first-order valence-corrected chi connectivity index (χ1v) is 5.41. The molecule has 5 nitrogen and oxygen atoms in total. The quantitative estimate of drug-likeness (QED) is 0.796. The van der Waals surface area contributed by atoms with E-state index in [1.54, 1.807) is 6.20 Å². The van der Waals surface area contributed by atoms with E-state index in [0.29, 0.717) is 0 Å². The molecule has 0 spiro atoms. The highest BCUT2D eigenvalue weighted by molar-refractivity contribution is 5.66. The van der Waals surface area contributed by atoms with Gasteiger partial charge in [-0.05, 0) is 12.3 Å². The Labute approximate surface area is 95.7 Å². The first kappa shape index (κ1) is 12.5. The smallest absolute Gasteiger partial charge is 0.303 e. The first-order chi connectivity index (χ1) is 7.50. The molecule has 1 heterocycles. The van der Waals surface area contributed by atoms with Crippen LogP contribution in [0.3, 0.4) is 0 Å². The molecule has 0 saturated carbocycles. The van der Waals surface area contributed by atoms with Gasteiger partial charge in [-0.1, -0.05) is 6.92 Å². The SMILES string of the molecule is CC(CCn1nccc1N(C)C)CC(=O)O. The van der Waals surface area contributed by atoms with Crippen LogP contribution in [0.1, 0.15) is 19.8 Å². The van der Waals surface area contributed by atoms with Gasteiger partial charge in [0.15, 0.2) is 0 Å². The molecule has 0 saturated heterocycles. The fourth-order valence-corrected chi connectivity index (χ4v) is 1.62. The summed E-state index contributed by atoms with van der Waals surface area (Å²) in [7, 11) is 3.93. The van der Waals surface area contributed by atoms with E-state index in [9.17, 15) is 4.79 Å². The molecule has 5 heteroatoms. The fourth-order valence-electron chi connectivity index (χ4n) is 1.62. The molecule has 1 unspecified atom stereocenters. The minimum Gasteiger partial charge on any atom is -0.481 e. The summed E-state index contributed by atoms with van der Waals surface area (Å²) in [4.78, 5) is 12.5. The van der Waals surface area contributed by atoms with E-state index in [0.717, 1.165) is 18.8 Å². The molecular weight excluding hydrogens is 206 g/mol. The Morgan fingerprint density at radius 2 is 2.31 bits per heavy atom. The van der Waals surface area contributed by atoms with Crippen LogP contribution in [0.5, 0.6) is 0 Å². The number of aryl methyl sites for hydroxylation is 1. The number of anilines is 1. The third-order valence-corrected chi connectivity index (χ3v) is 2.51. The molecule has 1 N–H and O–H groups in total. The number of hydrogen-bond donors (Lipinski definition) is 1. The molecule has 0 radical (unpaired) electrons. The third-order valence-electron chi connectivity index (χ3n) is 2.51. The second-order valence-corrected chi connectivity index (χ2v) is 4.30. The van der Waals surface area contributed by atoms with Gasteiger partial charge in [0.2, 0.25) is 0 Å². The molecular formula is C11H19N3O2. The standard InChI is InChI=1S/C11H19N3O2/c1-9(8-11(15)16)5-7-14-10(13(2)3)4-6-12-14/h4,6,9H,5,7-8H2,1-3H3,(H,15,16). The number of hydrogen-bond acceptors (Lipinski definition) is 3. The van der Waals surface area contributed by atoms with E-state index in [1.165, 1.54) is 0 Å². The molecule has 0 aliphatic rings. The summed E-state index contributed by atoms with van der Waals surface area (Å²) in [6.07, 6.45) is 2.81. The Morgan fingerprint density at radius 3 is 2.88 bits per heavy atom. The van der Waals surface area contributed by atoms with Crippen LogP contribution in [0.4, 0.5) is 5.82 Å². The van der Waals surface area contributed by atoms with Crippen LogP contribution in [-0.2, 0) is 11.3 Å². The van der Waals surface area contributed by atoms with Crippen molar-refractivity contribution in [3.8, 4) is 0 Å². The monoisotopic (exact) mass is 225 g/mol. The van der Waals surface area contributed by atoms with Crippen molar-refractivity contribution in [1.29, 1.82) is 0 Å². The van der Waals surface area contributed by atoms with E-state index >= 15 is 0 Å². The Kier molecular flexibility index (Phi) is 4.34. The molecule has 0 amide bonds. The van der Waals surface area contributed by atoms with Gasteiger partial charge in [-0.2, -0.15) is 5.10 Å². The first-order valence-electron chi connectivity index (χ1n) is 5.41. The van der Waals surface area contributed by atoms with Crippen LogP contribution in [0.2, 0.25) is 0 Å². The van der Waals surface area contributed by atoms with E-state index in [-0.39, 0.29) is 12.3 Å². The Balaban J connectivity index is 2.48. The maximum atomic E-state index is 10.5. The zero-order chi connectivity index (χ0) is 12.1. The van der Waals surface area contributed by atoms with Crippen molar-refractivity contribution in [2.45, 2.75) is 26.3 Å². The van der Waals surface area contributed by atoms with E-state index in [2.05, 4.69) is 5.10 Å². The van der Waals surface area contributed by atoms with Crippen LogP contribution in [0, 0.1) is 5.92 Å². The average Bonchev–Trinajstić information content (AvgIpc) is 2.61. The predicted octanol–water partition coefficient (Wildman–Crippen LogP) is 1.45. The molecule has 0 aromatic carbocycles. The van der Waals surface area contributed by atoms with Crippen molar-refractivity contribution < 1.29 is 9.90 Å². The highest BCUT2D eigenvalue weighted by Gasteiger charge is 2.09. The average molecular weight is 225 g/mol. The molecule has 90 valence electrons. The van der Waals surface area contributed by atoms with Crippen molar-refractivity contribution >= 4 is 11.8 Å². The van der Waals surface area contributed by atoms with E-state index in [1.807, 2.05) is 36.7 Å². The number of aromatic nitrogens is 2. The van der Waals surface area contributed by atoms with Gasteiger partial charge < -0.3 is 10.0 Å². The van der Waals surface area contributed by atoms with Gasteiger partial charge in [0.25, 0.3) is 0 Å². The largest absolute Gasteiger partial charge is 0.481 e.